The van der Waals surface area contributed by atoms with Crippen LogP contribution in [-0.4, -0.2) is 43.9 Å². The molecule has 1 saturated heterocycles. The summed E-state index contributed by atoms with van der Waals surface area (Å²) in [5.74, 6) is -0.0446. The van der Waals surface area contributed by atoms with Crippen molar-refractivity contribution >= 4 is 45.6 Å². The summed E-state index contributed by atoms with van der Waals surface area (Å²) in [6.07, 6.45) is 2.75. The van der Waals surface area contributed by atoms with Crippen LogP contribution in [-0.2, 0) is 14.9 Å². The highest BCUT2D eigenvalue weighted by Gasteiger charge is 2.42. The molecule has 0 amide bonds. The van der Waals surface area contributed by atoms with Crippen molar-refractivity contribution in [1.82, 2.24) is 19.6 Å². The highest BCUT2D eigenvalue weighted by atomic mass is 32.2. The zero-order chi connectivity index (χ0) is 23.1. The minimum atomic E-state index is -0.884. The monoisotopic (exact) mass is 488 g/mol. The number of carboxylic acids is 1. The Balaban J connectivity index is 1.36. The summed E-state index contributed by atoms with van der Waals surface area (Å²) in [5, 5.41) is 22.5. The molecule has 0 bridgehead atoms. The van der Waals surface area contributed by atoms with E-state index in [1.165, 1.54) is 11.3 Å². The second-order valence-corrected chi connectivity index (χ2v) is 10.3. The smallest absolute Gasteiger partial charge is 0.314 e. The van der Waals surface area contributed by atoms with Gasteiger partial charge < -0.3 is 9.84 Å². The standard InChI is InChI=1S/C25H20N4O3S2/c30-24(31)25(8-11-32-12-9-25)17-2-1-3-18(15-17)34-19-5-6-20-16(14-19)4-7-21-27-28-22(29(20)21)23-26-10-13-33-23/h1-7,10,13-15H,8-9,11-12H2,(H,30,31). The molecule has 0 atom stereocenters. The number of ether oxygens (including phenoxy) is 1. The van der Waals surface area contributed by atoms with Gasteiger partial charge in [0.1, 0.15) is 0 Å². The van der Waals surface area contributed by atoms with Crippen molar-refractivity contribution in [2.75, 3.05) is 13.2 Å². The Labute approximate surface area is 203 Å². The van der Waals surface area contributed by atoms with E-state index in [0.717, 1.165) is 42.7 Å². The van der Waals surface area contributed by atoms with Crippen LogP contribution in [0.5, 0.6) is 0 Å². The van der Waals surface area contributed by atoms with Gasteiger partial charge in [-0.05, 0) is 66.3 Å². The molecule has 1 aliphatic rings. The average Bonchev–Trinajstić information content (AvgIpc) is 3.54. The fourth-order valence-corrected chi connectivity index (χ4v) is 6.09. The molecule has 5 aromatic rings. The number of carbonyl (C=O) groups is 1. The molecule has 1 fully saturated rings. The van der Waals surface area contributed by atoms with E-state index in [-0.39, 0.29) is 0 Å². The summed E-state index contributed by atoms with van der Waals surface area (Å²) in [7, 11) is 0. The summed E-state index contributed by atoms with van der Waals surface area (Å²) in [6, 6.07) is 18.2. The van der Waals surface area contributed by atoms with Crippen LogP contribution in [0.2, 0.25) is 0 Å². The number of thiazole rings is 1. The molecule has 3 aromatic heterocycles. The number of hydrogen-bond acceptors (Lipinski definition) is 7. The molecule has 34 heavy (non-hydrogen) atoms. The number of rotatable bonds is 5. The van der Waals surface area contributed by atoms with E-state index in [1.807, 2.05) is 46.2 Å². The van der Waals surface area contributed by atoms with Crippen molar-refractivity contribution in [2.24, 2.45) is 0 Å². The number of benzene rings is 2. The van der Waals surface area contributed by atoms with Crippen LogP contribution in [0.15, 0.2) is 76.0 Å². The van der Waals surface area contributed by atoms with Crippen LogP contribution >= 0.6 is 23.1 Å². The number of pyridine rings is 1. The molecule has 0 unspecified atom stereocenters. The fourth-order valence-electron chi connectivity index (χ4n) is 4.55. The molecule has 1 N–H and O–H groups in total. The molecule has 9 heteroatoms. The van der Waals surface area contributed by atoms with Gasteiger partial charge in [-0.15, -0.1) is 21.5 Å². The van der Waals surface area contributed by atoms with Crippen LogP contribution in [0.3, 0.4) is 0 Å². The van der Waals surface area contributed by atoms with E-state index in [4.69, 9.17) is 4.74 Å². The second kappa shape index (κ2) is 8.50. The average molecular weight is 489 g/mol. The molecular weight excluding hydrogens is 468 g/mol. The molecule has 0 radical (unpaired) electrons. The summed E-state index contributed by atoms with van der Waals surface area (Å²) >= 11 is 3.16. The van der Waals surface area contributed by atoms with E-state index in [2.05, 4.69) is 33.4 Å². The summed E-state index contributed by atoms with van der Waals surface area (Å²) in [4.78, 5) is 18.7. The van der Waals surface area contributed by atoms with E-state index in [1.54, 1.807) is 18.0 Å². The third-order valence-corrected chi connectivity index (χ3v) is 8.09. The van der Waals surface area contributed by atoms with Gasteiger partial charge in [-0.3, -0.25) is 9.20 Å². The Morgan fingerprint density at radius 1 is 1.06 bits per heavy atom. The number of aliphatic carboxylic acids is 1. The molecule has 0 spiro atoms. The lowest BCUT2D eigenvalue weighted by atomic mass is 9.74. The van der Waals surface area contributed by atoms with Crippen molar-refractivity contribution in [3.8, 4) is 10.8 Å². The molecule has 0 aliphatic carbocycles. The molecule has 6 rings (SSSR count). The Hall–Kier alpha value is -3.27. The summed E-state index contributed by atoms with van der Waals surface area (Å²) in [6.45, 7) is 0.934. The summed E-state index contributed by atoms with van der Waals surface area (Å²) < 4.78 is 7.47. The van der Waals surface area contributed by atoms with Gasteiger partial charge in [0.2, 0.25) is 0 Å². The highest BCUT2D eigenvalue weighted by molar-refractivity contribution is 7.99. The fraction of sp³-hybridized carbons (Fsp3) is 0.200. The lowest BCUT2D eigenvalue weighted by molar-refractivity contribution is -0.147. The number of fused-ring (bicyclic) bond motifs is 3. The summed E-state index contributed by atoms with van der Waals surface area (Å²) in [5.41, 5.74) is 1.75. The third kappa shape index (κ3) is 3.56. The van der Waals surface area contributed by atoms with Gasteiger partial charge in [-0.2, -0.15) is 0 Å². The van der Waals surface area contributed by atoms with E-state index in [0.29, 0.717) is 26.1 Å². The number of nitrogens with zero attached hydrogens (tertiary/aromatic N) is 4. The highest BCUT2D eigenvalue weighted by Crippen LogP contribution is 2.38. The van der Waals surface area contributed by atoms with Gasteiger partial charge in [0.15, 0.2) is 16.5 Å². The molecule has 170 valence electrons. The molecule has 7 nitrogen and oxygen atoms in total. The maximum Gasteiger partial charge on any atom is 0.314 e. The van der Waals surface area contributed by atoms with Gasteiger partial charge in [-0.1, -0.05) is 23.9 Å². The second-order valence-electron chi connectivity index (χ2n) is 8.24. The SMILES string of the molecule is O=C(O)C1(c2cccc(Sc3ccc4c(ccc5nnc(-c6nccs6)n54)c3)c2)CCOCC1. The van der Waals surface area contributed by atoms with Gasteiger partial charge in [0.25, 0.3) is 0 Å². The van der Waals surface area contributed by atoms with Gasteiger partial charge in [0, 0.05) is 34.6 Å². The predicted octanol–water partition coefficient (Wildman–Crippen LogP) is 5.29. The lowest BCUT2D eigenvalue weighted by Crippen LogP contribution is -2.41. The van der Waals surface area contributed by atoms with E-state index in [9.17, 15) is 9.90 Å². The first-order valence-electron chi connectivity index (χ1n) is 10.9. The van der Waals surface area contributed by atoms with Crippen molar-refractivity contribution in [3.63, 3.8) is 0 Å². The number of hydrogen-bond donors (Lipinski definition) is 1. The van der Waals surface area contributed by atoms with E-state index >= 15 is 0 Å². The topological polar surface area (TPSA) is 89.6 Å². The minimum Gasteiger partial charge on any atom is -0.481 e. The zero-order valence-electron chi connectivity index (χ0n) is 18.0. The number of aromatic nitrogens is 4. The quantitative estimate of drug-likeness (QED) is 0.359. The largest absolute Gasteiger partial charge is 0.481 e. The van der Waals surface area contributed by atoms with Gasteiger partial charge in [0.05, 0.1) is 10.9 Å². The van der Waals surface area contributed by atoms with Crippen LogP contribution in [0.4, 0.5) is 0 Å². The molecule has 4 heterocycles. The maximum absolute atomic E-state index is 12.2. The van der Waals surface area contributed by atoms with Crippen molar-refractivity contribution < 1.29 is 14.6 Å². The predicted molar refractivity (Wildman–Crippen MR) is 132 cm³/mol. The first kappa shape index (κ1) is 21.3. The van der Waals surface area contributed by atoms with Crippen molar-refractivity contribution in [2.45, 2.75) is 28.0 Å². The molecule has 1 aliphatic heterocycles. The van der Waals surface area contributed by atoms with Crippen molar-refractivity contribution in [3.05, 3.63) is 71.7 Å². The van der Waals surface area contributed by atoms with Crippen LogP contribution in [0, 0.1) is 0 Å². The van der Waals surface area contributed by atoms with Crippen LogP contribution < -0.4 is 0 Å². The Morgan fingerprint density at radius 3 is 2.71 bits per heavy atom. The first-order chi connectivity index (χ1) is 16.6. The van der Waals surface area contributed by atoms with Gasteiger partial charge in [-0.25, -0.2) is 4.98 Å². The van der Waals surface area contributed by atoms with Crippen molar-refractivity contribution in [1.29, 1.82) is 0 Å². The maximum atomic E-state index is 12.2. The van der Waals surface area contributed by atoms with Gasteiger partial charge >= 0.3 is 5.97 Å². The normalized spacial score (nSPS) is 15.6. The Kier molecular flexibility index (Phi) is 5.32. The molecule has 2 aromatic carbocycles. The van der Waals surface area contributed by atoms with Crippen LogP contribution in [0.25, 0.3) is 27.4 Å². The molecular formula is C25H20N4O3S2. The lowest BCUT2D eigenvalue weighted by Gasteiger charge is -2.33. The Morgan fingerprint density at radius 2 is 1.91 bits per heavy atom. The zero-order valence-corrected chi connectivity index (χ0v) is 19.7. The Bertz CT molecular complexity index is 1510. The minimum absolute atomic E-state index is 0.467. The third-order valence-electron chi connectivity index (χ3n) is 6.34. The first-order valence-corrected chi connectivity index (χ1v) is 12.6. The van der Waals surface area contributed by atoms with E-state index < -0.39 is 11.4 Å². The number of carboxylic acid groups (broad SMARTS) is 1. The molecule has 0 saturated carbocycles. The van der Waals surface area contributed by atoms with Crippen LogP contribution in [0.1, 0.15) is 18.4 Å².